The summed E-state index contributed by atoms with van der Waals surface area (Å²) in [7, 11) is 0. The van der Waals surface area contributed by atoms with Crippen LogP contribution >= 0.6 is 0 Å². The van der Waals surface area contributed by atoms with E-state index in [4.69, 9.17) is 9.47 Å². The average molecular weight is 871 g/mol. The van der Waals surface area contributed by atoms with Gasteiger partial charge in [0.2, 0.25) is 0 Å². The lowest BCUT2D eigenvalue weighted by atomic mass is 10.1. The van der Waals surface area contributed by atoms with Gasteiger partial charge in [0.25, 0.3) is 0 Å². The van der Waals surface area contributed by atoms with E-state index in [2.05, 4.69) is 135 Å². The standard InChI is InChI=1S/C58H94O5/c1-3-5-7-9-11-13-15-17-19-21-22-23-24-25-26-27-28-29-30-31-32-33-34-35-36-37-39-41-43-45-47-49-51-53-58(61)63-56(54-59)55-62-57(60)52-50-48-46-44-42-40-38-20-18-16-14-12-10-8-6-4-2/h5,7,11,13-14,16-17,19-20,22-23,25-26,28-29,31-32,34-35,38,56,59H,3-4,6,8-10,12,15,18,21,24,27,30,33,36-37,39-55H2,1-2H3/b7-5-,13-11-,16-14-,19-17-,23-22-,26-25-,29-28-,32-31-,35-34-,38-20-. The molecule has 0 aromatic carbocycles. The molecular weight excluding hydrogens is 777 g/mol. The van der Waals surface area contributed by atoms with Crippen LogP contribution in [-0.2, 0) is 19.1 Å². The van der Waals surface area contributed by atoms with E-state index in [-0.39, 0.29) is 25.2 Å². The van der Waals surface area contributed by atoms with Gasteiger partial charge in [-0.05, 0) is 109 Å². The Morgan fingerprint density at radius 2 is 0.683 bits per heavy atom. The van der Waals surface area contributed by atoms with Gasteiger partial charge in [0, 0.05) is 12.8 Å². The van der Waals surface area contributed by atoms with Crippen molar-refractivity contribution in [3.05, 3.63) is 122 Å². The predicted molar refractivity (Wildman–Crippen MR) is 274 cm³/mol. The summed E-state index contributed by atoms with van der Waals surface area (Å²) in [6.45, 7) is 3.98. The highest BCUT2D eigenvalue weighted by Gasteiger charge is 2.16. The van der Waals surface area contributed by atoms with Crippen LogP contribution < -0.4 is 0 Å². The Bertz CT molecular complexity index is 1310. The van der Waals surface area contributed by atoms with Crippen molar-refractivity contribution >= 4 is 11.9 Å². The number of allylic oxidation sites excluding steroid dienone is 20. The van der Waals surface area contributed by atoms with Crippen molar-refractivity contribution in [2.75, 3.05) is 13.2 Å². The smallest absolute Gasteiger partial charge is 0.306 e. The molecule has 5 nitrogen and oxygen atoms in total. The maximum absolute atomic E-state index is 12.3. The summed E-state index contributed by atoms with van der Waals surface area (Å²) in [5.74, 6) is -0.624. The lowest BCUT2D eigenvalue weighted by Crippen LogP contribution is -2.28. The molecule has 0 amide bonds. The Hall–Kier alpha value is -3.70. The number of hydrogen-bond acceptors (Lipinski definition) is 5. The molecule has 0 spiro atoms. The number of ether oxygens (including phenoxy) is 2. The van der Waals surface area contributed by atoms with Crippen molar-refractivity contribution in [3.8, 4) is 0 Å². The van der Waals surface area contributed by atoms with E-state index in [9.17, 15) is 14.7 Å². The summed E-state index contributed by atoms with van der Waals surface area (Å²) in [5.41, 5.74) is 0. The zero-order chi connectivity index (χ0) is 45.6. The van der Waals surface area contributed by atoms with Crippen LogP contribution in [0.15, 0.2) is 122 Å². The molecule has 356 valence electrons. The molecule has 63 heavy (non-hydrogen) atoms. The van der Waals surface area contributed by atoms with E-state index in [1.807, 2.05) is 0 Å². The molecule has 1 N–H and O–H groups in total. The molecule has 0 saturated carbocycles. The minimum Gasteiger partial charge on any atom is -0.462 e. The van der Waals surface area contributed by atoms with Crippen LogP contribution in [0.5, 0.6) is 0 Å². The summed E-state index contributed by atoms with van der Waals surface area (Å²) < 4.78 is 10.6. The van der Waals surface area contributed by atoms with E-state index in [1.165, 1.54) is 77.0 Å². The Kier molecular flexibility index (Phi) is 49.6. The largest absolute Gasteiger partial charge is 0.462 e. The van der Waals surface area contributed by atoms with Gasteiger partial charge in [-0.25, -0.2) is 0 Å². The molecule has 1 unspecified atom stereocenters. The normalized spacial score (nSPS) is 13.3. The number of rotatable bonds is 45. The summed E-state index contributed by atoms with van der Waals surface area (Å²) in [6.07, 6.45) is 77.1. The topological polar surface area (TPSA) is 72.8 Å². The Morgan fingerprint density at radius 3 is 1.03 bits per heavy atom. The highest BCUT2D eigenvalue weighted by molar-refractivity contribution is 5.70. The molecule has 0 saturated heterocycles. The molecule has 0 aromatic rings. The molecule has 0 rings (SSSR count). The molecular formula is C58H94O5. The summed E-state index contributed by atoms with van der Waals surface area (Å²) in [5, 5.41) is 9.62. The monoisotopic (exact) mass is 871 g/mol. The summed E-state index contributed by atoms with van der Waals surface area (Å²) >= 11 is 0. The predicted octanol–water partition coefficient (Wildman–Crippen LogP) is 17.1. The second-order valence-electron chi connectivity index (χ2n) is 16.5. The highest BCUT2D eigenvalue weighted by atomic mass is 16.6. The van der Waals surface area contributed by atoms with Gasteiger partial charge < -0.3 is 14.6 Å². The van der Waals surface area contributed by atoms with E-state index in [0.717, 1.165) is 109 Å². The second kappa shape index (κ2) is 52.6. The van der Waals surface area contributed by atoms with Crippen LogP contribution in [0.3, 0.4) is 0 Å². The number of carbonyl (C=O) groups excluding carboxylic acids is 2. The molecule has 0 bridgehead atoms. The lowest BCUT2D eigenvalue weighted by Gasteiger charge is -2.15. The second-order valence-corrected chi connectivity index (χ2v) is 16.5. The highest BCUT2D eigenvalue weighted by Crippen LogP contribution is 2.13. The number of hydrogen-bond donors (Lipinski definition) is 1. The van der Waals surface area contributed by atoms with Crippen molar-refractivity contribution in [2.45, 2.75) is 219 Å². The maximum Gasteiger partial charge on any atom is 0.306 e. The Labute approximate surface area is 388 Å². The van der Waals surface area contributed by atoms with Crippen LogP contribution in [0, 0.1) is 0 Å². The molecule has 0 aliphatic rings. The van der Waals surface area contributed by atoms with Crippen LogP contribution in [0.2, 0.25) is 0 Å². The van der Waals surface area contributed by atoms with E-state index >= 15 is 0 Å². The fraction of sp³-hybridized carbons (Fsp3) is 0.621. The van der Waals surface area contributed by atoms with Crippen molar-refractivity contribution in [1.29, 1.82) is 0 Å². The molecule has 0 aliphatic heterocycles. The van der Waals surface area contributed by atoms with Gasteiger partial charge in [-0.2, -0.15) is 0 Å². The number of esters is 2. The quantitative estimate of drug-likeness (QED) is 0.0375. The van der Waals surface area contributed by atoms with Crippen LogP contribution in [-0.4, -0.2) is 36.4 Å². The van der Waals surface area contributed by atoms with E-state index in [1.54, 1.807) is 0 Å². The molecule has 0 aliphatic carbocycles. The first-order valence-electron chi connectivity index (χ1n) is 25.6. The van der Waals surface area contributed by atoms with Crippen molar-refractivity contribution < 1.29 is 24.2 Å². The SMILES string of the molecule is CC/C=C\C/C=C\C/C=C\C/C=C\C/C=C\C/C=C\C/C=C\C/C=C\CCCCCCCCCCC(=O)OC(CO)COC(=O)CCCCCCC/C=C\C/C=C\CCCCCC. The molecule has 0 heterocycles. The molecule has 5 heteroatoms. The van der Waals surface area contributed by atoms with Gasteiger partial charge >= 0.3 is 11.9 Å². The molecule has 1 atom stereocenters. The van der Waals surface area contributed by atoms with Crippen LogP contribution in [0.25, 0.3) is 0 Å². The fourth-order valence-electron chi connectivity index (χ4n) is 6.66. The van der Waals surface area contributed by atoms with Crippen molar-refractivity contribution in [3.63, 3.8) is 0 Å². The van der Waals surface area contributed by atoms with Gasteiger partial charge in [0.1, 0.15) is 6.61 Å². The maximum atomic E-state index is 12.3. The van der Waals surface area contributed by atoms with Gasteiger partial charge in [0.15, 0.2) is 6.10 Å². The zero-order valence-corrected chi connectivity index (χ0v) is 40.5. The fourth-order valence-corrected chi connectivity index (χ4v) is 6.66. The van der Waals surface area contributed by atoms with Crippen LogP contribution in [0.4, 0.5) is 0 Å². The molecule has 0 radical (unpaired) electrons. The summed E-state index contributed by atoms with van der Waals surface area (Å²) in [4.78, 5) is 24.4. The zero-order valence-electron chi connectivity index (χ0n) is 40.5. The van der Waals surface area contributed by atoms with Gasteiger partial charge in [-0.3, -0.25) is 9.59 Å². The van der Waals surface area contributed by atoms with Crippen molar-refractivity contribution in [2.24, 2.45) is 0 Å². The first-order chi connectivity index (χ1) is 31.1. The van der Waals surface area contributed by atoms with E-state index < -0.39 is 6.10 Å². The number of carbonyl (C=O) groups is 2. The third-order valence-corrected chi connectivity index (χ3v) is 10.5. The van der Waals surface area contributed by atoms with Gasteiger partial charge in [0.05, 0.1) is 6.61 Å². The Balaban J connectivity index is 3.62. The lowest BCUT2D eigenvalue weighted by molar-refractivity contribution is -0.161. The molecule has 0 fully saturated rings. The summed E-state index contributed by atoms with van der Waals surface area (Å²) in [6, 6.07) is 0. The number of aliphatic hydroxyl groups is 1. The average Bonchev–Trinajstić information content (AvgIpc) is 3.29. The van der Waals surface area contributed by atoms with Crippen LogP contribution in [0.1, 0.15) is 213 Å². The van der Waals surface area contributed by atoms with Gasteiger partial charge in [-0.15, -0.1) is 0 Å². The third-order valence-electron chi connectivity index (χ3n) is 10.5. The number of aliphatic hydroxyl groups excluding tert-OH is 1. The van der Waals surface area contributed by atoms with Crippen molar-refractivity contribution in [1.82, 2.24) is 0 Å². The third kappa shape index (κ3) is 50.8. The molecule has 0 aromatic heterocycles. The minimum atomic E-state index is -0.791. The minimum absolute atomic E-state index is 0.0833. The first kappa shape index (κ1) is 59.3. The van der Waals surface area contributed by atoms with E-state index in [0.29, 0.717) is 12.8 Å². The first-order valence-corrected chi connectivity index (χ1v) is 25.6. The van der Waals surface area contributed by atoms with Gasteiger partial charge in [-0.1, -0.05) is 212 Å². The Morgan fingerprint density at radius 1 is 0.381 bits per heavy atom. The number of unbranched alkanes of at least 4 members (excludes halogenated alkanes) is 17.